The van der Waals surface area contributed by atoms with Gasteiger partial charge in [0.2, 0.25) is 5.91 Å². The number of aliphatic imine (C=N–C) groups is 1. The molecule has 1 aromatic rings. The van der Waals surface area contributed by atoms with Gasteiger partial charge in [-0.15, -0.1) is 0 Å². The van der Waals surface area contributed by atoms with Gasteiger partial charge in [-0.1, -0.05) is 0 Å². The number of aromatic nitrogens is 3. The molecule has 0 fully saturated rings. The number of carbonyl (C=O) groups is 1. The number of guanidine groups is 1. The average molecular weight is 307 g/mol. The number of fused-ring (bicyclic) bond motifs is 1. The molecule has 0 bridgehead atoms. The summed E-state index contributed by atoms with van der Waals surface area (Å²) in [7, 11) is 1.70. The fourth-order valence-electron chi connectivity index (χ4n) is 2.48. The summed E-state index contributed by atoms with van der Waals surface area (Å²) in [5.41, 5.74) is 0. The first-order valence-corrected chi connectivity index (χ1v) is 7.64. The Bertz CT molecular complexity index is 549. The third-order valence-electron chi connectivity index (χ3n) is 3.39. The maximum absolute atomic E-state index is 11.7. The number of carbonyl (C=O) groups excluding carboxylic acids is 1. The maximum Gasteiger partial charge on any atom is 0.239 e. The van der Waals surface area contributed by atoms with Crippen molar-refractivity contribution in [3.05, 3.63) is 11.6 Å². The summed E-state index contributed by atoms with van der Waals surface area (Å²) in [6.45, 7) is 6.74. The lowest BCUT2D eigenvalue weighted by molar-refractivity contribution is -0.120. The molecule has 0 aromatic carbocycles. The maximum atomic E-state index is 11.7. The zero-order valence-electron chi connectivity index (χ0n) is 13.7. The highest BCUT2D eigenvalue weighted by molar-refractivity contribution is 5.86. The SMILES string of the molecule is CN=C(NCC(=O)NC(C)C)NC1CCc2nc(C)nn2C1. The molecule has 2 heterocycles. The van der Waals surface area contributed by atoms with Gasteiger partial charge in [0, 0.05) is 25.6 Å². The molecule has 0 saturated heterocycles. The van der Waals surface area contributed by atoms with E-state index in [0.29, 0.717) is 5.96 Å². The average Bonchev–Trinajstić information content (AvgIpc) is 2.81. The predicted molar refractivity (Wildman–Crippen MR) is 84.6 cm³/mol. The molecule has 1 aliphatic rings. The predicted octanol–water partition coefficient (Wildman–Crippen LogP) is -0.409. The number of hydrogen-bond donors (Lipinski definition) is 3. The summed E-state index contributed by atoms with van der Waals surface area (Å²) in [6, 6.07) is 0.365. The molecule has 1 unspecified atom stereocenters. The van der Waals surface area contributed by atoms with Crippen molar-refractivity contribution in [1.29, 1.82) is 0 Å². The van der Waals surface area contributed by atoms with E-state index in [1.807, 2.05) is 25.5 Å². The Kier molecular flexibility index (Phi) is 5.35. The van der Waals surface area contributed by atoms with Crippen LogP contribution < -0.4 is 16.0 Å². The van der Waals surface area contributed by atoms with Gasteiger partial charge in [-0.05, 0) is 27.2 Å². The molecule has 0 aliphatic carbocycles. The van der Waals surface area contributed by atoms with Crippen molar-refractivity contribution >= 4 is 11.9 Å². The van der Waals surface area contributed by atoms with Crippen molar-refractivity contribution < 1.29 is 4.79 Å². The van der Waals surface area contributed by atoms with Gasteiger partial charge in [0.1, 0.15) is 11.6 Å². The second-order valence-corrected chi connectivity index (χ2v) is 5.79. The van der Waals surface area contributed by atoms with Gasteiger partial charge in [0.05, 0.1) is 13.1 Å². The fourth-order valence-corrected chi connectivity index (χ4v) is 2.48. The Morgan fingerprint density at radius 2 is 2.27 bits per heavy atom. The van der Waals surface area contributed by atoms with Gasteiger partial charge in [0.25, 0.3) is 0 Å². The summed E-state index contributed by atoms with van der Waals surface area (Å²) in [6.07, 6.45) is 1.86. The normalized spacial score (nSPS) is 18.0. The molecule has 0 radical (unpaired) electrons. The topological polar surface area (TPSA) is 96.2 Å². The zero-order chi connectivity index (χ0) is 16.1. The van der Waals surface area contributed by atoms with E-state index in [2.05, 4.69) is 31.0 Å². The summed E-state index contributed by atoms with van der Waals surface area (Å²) in [4.78, 5) is 20.2. The van der Waals surface area contributed by atoms with Crippen LogP contribution in [0, 0.1) is 6.92 Å². The van der Waals surface area contributed by atoms with E-state index in [1.54, 1.807) is 7.05 Å². The number of rotatable bonds is 4. The Hall–Kier alpha value is -2.12. The van der Waals surface area contributed by atoms with Crippen molar-refractivity contribution in [3.8, 4) is 0 Å². The summed E-state index contributed by atoms with van der Waals surface area (Å²) in [5, 5.41) is 13.6. The fraction of sp³-hybridized carbons (Fsp3) is 0.714. The molecule has 8 nitrogen and oxygen atoms in total. The molecular formula is C14H25N7O. The first-order valence-electron chi connectivity index (χ1n) is 7.64. The largest absolute Gasteiger partial charge is 0.352 e. The second-order valence-electron chi connectivity index (χ2n) is 5.79. The quantitative estimate of drug-likeness (QED) is 0.519. The van der Waals surface area contributed by atoms with Gasteiger partial charge in [-0.2, -0.15) is 5.10 Å². The minimum Gasteiger partial charge on any atom is -0.352 e. The minimum absolute atomic E-state index is 0.0456. The molecule has 1 aromatic heterocycles. The van der Waals surface area contributed by atoms with Gasteiger partial charge < -0.3 is 16.0 Å². The van der Waals surface area contributed by atoms with E-state index in [4.69, 9.17) is 0 Å². The minimum atomic E-state index is -0.0456. The Morgan fingerprint density at radius 1 is 1.50 bits per heavy atom. The van der Waals surface area contributed by atoms with E-state index in [1.165, 1.54) is 0 Å². The highest BCUT2D eigenvalue weighted by Crippen LogP contribution is 2.12. The number of nitrogens with one attached hydrogen (secondary N) is 3. The Labute approximate surface area is 130 Å². The van der Waals surface area contributed by atoms with Crippen LogP contribution in [0.15, 0.2) is 4.99 Å². The van der Waals surface area contributed by atoms with Gasteiger partial charge in [0.15, 0.2) is 5.96 Å². The van der Waals surface area contributed by atoms with Crippen molar-refractivity contribution in [2.75, 3.05) is 13.6 Å². The molecule has 0 saturated carbocycles. The van der Waals surface area contributed by atoms with Gasteiger partial charge in [-0.3, -0.25) is 9.79 Å². The molecule has 8 heteroatoms. The van der Waals surface area contributed by atoms with E-state index < -0.39 is 0 Å². The monoisotopic (exact) mass is 307 g/mol. The van der Waals surface area contributed by atoms with Crippen LogP contribution in [0.4, 0.5) is 0 Å². The molecule has 2 rings (SSSR count). The van der Waals surface area contributed by atoms with Crippen LogP contribution in [0.25, 0.3) is 0 Å². The second kappa shape index (κ2) is 7.24. The Morgan fingerprint density at radius 3 is 2.95 bits per heavy atom. The lowest BCUT2D eigenvalue weighted by Gasteiger charge is -2.25. The van der Waals surface area contributed by atoms with Crippen molar-refractivity contribution in [3.63, 3.8) is 0 Å². The summed E-state index contributed by atoms with van der Waals surface area (Å²) >= 11 is 0. The molecule has 1 atom stereocenters. The molecule has 0 spiro atoms. The number of nitrogens with zero attached hydrogens (tertiary/aromatic N) is 4. The molecule has 1 aliphatic heterocycles. The molecule has 1 amide bonds. The standard InChI is InChI=1S/C14H25N7O/c1-9(2)17-13(22)7-16-14(15-4)19-11-5-6-12-18-10(3)20-21(12)8-11/h9,11H,5-8H2,1-4H3,(H,17,22)(H2,15,16,19). The third-order valence-corrected chi connectivity index (χ3v) is 3.39. The highest BCUT2D eigenvalue weighted by Gasteiger charge is 2.21. The summed E-state index contributed by atoms with van der Waals surface area (Å²) in [5.74, 6) is 2.43. The summed E-state index contributed by atoms with van der Waals surface area (Å²) < 4.78 is 1.94. The molecule has 22 heavy (non-hydrogen) atoms. The molecule has 3 N–H and O–H groups in total. The molecular weight excluding hydrogens is 282 g/mol. The highest BCUT2D eigenvalue weighted by atomic mass is 16.1. The zero-order valence-corrected chi connectivity index (χ0v) is 13.7. The van der Waals surface area contributed by atoms with E-state index >= 15 is 0 Å². The lowest BCUT2D eigenvalue weighted by Crippen LogP contribution is -2.49. The third kappa shape index (κ3) is 4.44. The van der Waals surface area contributed by atoms with E-state index in [0.717, 1.165) is 31.0 Å². The van der Waals surface area contributed by atoms with E-state index in [-0.39, 0.29) is 24.5 Å². The van der Waals surface area contributed by atoms with Crippen LogP contribution in [-0.2, 0) is 17.8 Å². The van der Waals surface area contributed by atoms with Crippen LogP contribution in [0.5, 0.6) is 0 Å². The van der Waals surface area contributed by atoms with Gasteiger partial charge in [-0.25, -0.2) is 9.67 Å². The smallest absolute Gasteiger partial charge is 0.239 e. The van der Waals surface area contributed by atoms with Crippen molar-refractivity contribution in [2.24, 2.45) is 4.99 Å². The van der Waals surface area contributed by atoms with E-state index in [9.17, 15) is 4.79 Å². The van der Waals surface area contributed by atoms with Crippen molar-refractivity contribution in [2.45, 2.75) is 52.2 Å². The van der Waals surface area contributed by atoms with Crippen LogP contribution >= 0.6 is 0 Å². The van der Waals surface area contributed by atoms with Crippen LogP contribution in [0.3, 0.4) is 0 Å². The van der Waals surface area contributed by atoms with Crippen LogP contribution in [0.2, 0.25) is 0 Å². The van der Waals surface area contributed by atoms with Gasteiger partial charge >= 0.3 is 0 Å². The number of hydrogen-bond acceptors (Lipinski definition) is 4. The molecule has 122 valence electrons. The first-order chi connectivity index (χ1) is 10.5. The first kappa shape index (κ1) is 16.3. The Balaban J connectivity index is 1.83. The van der Waals surface area contributed by atoms with Crippen molar-refractivity contribution in [1.82, 2.24) is 30.7 Å². The number of amides is 1. The number of aryl methyl sites for hydroxylation is 2. The van der Waals surface area contributed by atoms with Crippen LogP contribution in [-0.4, -0.2) is 52.3 Å². The lowest BCUT2D eigenvalue weighted by atomic mass is 10.1. The van der Waals surface area contributed by atoms with Crippen LogP contribution in [0.1, 0.15) is 31.9 Å².